The zero-order valence-electron chi connectivity index (χ0n) is 18.9. The Morgan fingerprint density at radius 3 is 2.32 bits per heavy atom. The van der Waals surface area contributed by atoms with Gasteiger partial charge >= 0.3 is 5.97 Å². The van der Waals surface area contributed by atoms with Crippen LogP contribution >= 0.6 is 0 Å². The summed E-state index contributed by atoms with van der Waals surface area (Å²) in [4.78, 5) is 11.5. The van der Waals surface area contributed by atoms with E-state index < -0.39 is 19.4 Å². The quantitative estimate of drug-likeness (QED) is 0.219. The lowest BCUT2D eigenvalue weighted by Gasteiger charge is -1.98. The Labute approximate surface area is 144 Å². The van der Waals surface area contributed by atoms with Crippen LogP contribution in [0.2, 0.25) is 0 Å². The molecule has 0 aliphatic rings. The lowest BCUT2D eigenvalue weighted by Crippen LogP contribution is -2.02. The van der Waals surface area contributed by atoms with Gasteiger partial charge in [0.1, 0.15) is 0 Å². The molecule has 0 rings (SSSR count). The van der Waals surface area contributed by atoms with Crippen molar-refractivity contribution in [2.75, 3.05) is 6.56 Å². The second-order valence-corrected chi connectivity index (χ2v) is 5.19. The number of carbonyl (C=O) groups is 1. The van der Waals surface area contributed by atoms with E-state index in [1.807, 2.05) is 6.08 Å². The highest BCUT2D eigenvalue weighted by molar-refractivity contribution is 5.69. The SMILES string of the molecule is [2H]C([2H])([2H])C([2H])([2H])OC(=O)CCC/C=C\CC/C=C\C/C=C\CCCCC. The molecule has 126 valence electrons. The maximum atomic E-state index is 11.5. The highest BCUT2D eigenvalue weighted by atomic mass is 16.5. The Hall–Kier alpha value is -1.31. The maximum absolute atomic E-state index is 11.5. The molecule has 0 heterocycles. The highest BCUT2D eigenvalue weighted by Gasteiger charge is 1.98. The number of unbranched alkanes of at least 4 members (excludes halogenated alkanes) is 5. The smallest absolute Gasteiger partial charge is 0.305 e. The van der Waals surface area contributed by atoms with E-state index in [4.69, 9.17) is 6.85 Å². The third kappa shape index (κ3) is 16.7. The van der Waals surface area contributed by atoms with Crippen molar-refractivity contribution in [3.8, 4) is 0 Å². The summed E-state index contributed by atoms with van der Waals surface area (Å²) in [5.74, 6) is -0.824. The van der Waals surface area contributed by atoms with Gasteiger partial charge in [0.15, 0.2) is 0 Å². The normalized spacial score (nSPS) is 16.5. The number of allylic oxidation sites excluding steroid dienone is 6. The molecule has 0 saturated carbocycles. The molecule has 0 aliphatic heterocycles. The number of rotatable bonds is 14. The van der Waals surface area contributed by atoms with E-state index in [1.165, 1.54) is 25.7 Å². The van der Waals surface area contributed by atoms with Crippen LogP contribution in [0.3, 0.4) is 0 Å². The molecular weight excluding hydrogens is 272 g/mol. The lowest BCUT2D eigenvalue weighted by atomic mass is 10.2. The fraction of sp³-hybridized carbons (Fsp3) is 0.650. The minimum atomic E-state index is -2.97. The summed E-state index contributed by atoms with van der Waals surface area (Å²) >= 11 is 0. The van der Waals surface area contributed by atoms with Gasteiger partial charge in [0.2, 0.25) is 0 Å². The van der Waals surface area contributed by atoms with E-state index in [1.54, 1.807) is 0 Å². The molecule has 0 spiro atoms. The molecule has 0 N–H and O–H groups in total. The van der Waals surface area contributed by atoms with Crippen molar-refractivity contribution >= 4 is 5.97 Å². The summed E-state index contributed by atoms with van der Waals surface area (Å²) in [7, 11) is 0. The summed E-state index contributed by atoms with van der Waals surface area (Å²) in [5, 5.41) is 0. The molecule has 0 amide bonds. The first-order valence-corrected chi connectivity index (χ1v) is 8.37. The third-order valence-electron chi connectivity index (χ3n) is 3.16. The molecule has 2 heteroatoms. The van der Waals surface area contributed by atoms with E-state index in [0.29, 0.717) is 12.8 Å². The first-order chi connectivity index (χ1) is 12.7. The van der Waals surface area contributed by atoms with Gasteiger partial charge in [-0.3, -0.25) is 4.79 Å². The van der Waals surface area contributed by atoms with Crippen LogP contribution in [0.25, 0.3) is 0 Å². The summed E-state index contributed by atoms with van der Waals surface area (Å²) < 4.78 is 39.8. The molecule has 0 fully saturated rings. The van der Waals surface area contributed by atoms with Crippen molar-refractivity contribution in [3.63, 3.8) is 0 Å². The third-order valence-corrected chi connectivity index (χ3v) is 3.16. The maximum Gasteiger partial charge on any atom is 0.305 e. The molecule has 0 saturated heterocycles. The molecule has 0 radical (unpaired) electrons. The number of hydrogen-bond acceptors (Lipinski definition) is 2. The van der Waals surface area contributed by atoms with Gasteiger partial charge in [-0.15, -0.1) is 0 Å². The van der Waals surface area contributed by atoms with E-state index in [2.05, 4.69) is 42.0 Å². The van der Waals surface area contributed by atoms with Crippen molar-refractivity contribution in [2.45, 2.75) is 78.0 Å². The molecule has 0 unspecified atom stereocenters. The largest absolute Gasteiger partial charge is 0.466 e. The van der Waals surface area contributed by atoms with Gasteiger partial charge in [-0.1, -0.05) is 56.2 Å². The fourth-order valence-corrected chi connectivity index (χ4v) is 1.92. The molecule has 0 aliphatic carbocycles. The minimum absolute atomic E-state index is 0.00439. The first-order valence-electron chi connectivity index (χ1n) is 10.9. The Bertz CT molecular complexity index is 479. The van der Waals surface area contributed by atoms with E-state index in [-0.39, 0.29) is 6.42 Å². The summed E-state index contributed by atoms with van der Waals surface area (Å²) in [6.45, 7) is -3.70. The van der Waals surface area contributed by atoms with Crippen LogP contribution in [0.15, 0.2) is 36.5 Å². The predicted molar refractivity (Wildman–Crippen MR) is 95.9 cm³/mol. The molecule has 22 heavy (non-hydrogen) atoms. The van der Waals surface area contributed by atoms with Gasteiger partial charge in [0.05, 0.1) is 9.30 Å². The number of esters is 1. The zero-order chi connectivity index (χ0) is 20.6. The fourth-order valence-electron chi connectivity index (χ4n) is 1.92. The standard InChI is InChI=1S/C20H34O2/c1-3-5-6-7-8-9-10-11-12-13-14-15-16-17-18-19-20(21)22-4-2/h8-9,11-12,15-16H,3-7,10,13-14,17-19H2,1-2H3/b9-8-,12-11-,16-15-/i2D3,4D2. The van der Waals surface area contributed by atoms with Crippen LogP contribution in [-0.2, 0) is 9.53 Å². The van der Waals surface area contributed by atoms with Crippen LogP contribution in [0.4, 0.5) is 0 Å². The zero-order valence-corrected chi connectivity index (χ0v) is 13.9. The molecule has 0 bridgehead atoms. The number of hydrogen-bond donors (Lipinski definition) is 0. The topological polar surface area (TPSA) is 26.3 Å². The van der Waals surface area contributed by atoms with Crippen molar-refractivity contribution in [3.05, 3.63) is 36.5 Å². The van der Waals surface area contributed by atoms with Crippen LogP contribution in [0.1, 0.15) is 84.8 Å². The lowest BCUT2D eigenvalue weighted by molar-refractivity contribution is -0.143. The first kappa shape index (κ1) is 13.2. The van der Waals surface area contributed by atoms with Gasteiger partial charge in [-0.25, -0.2) is 0 Å². The van der Waals surface area contributed by atoms with Crippen LogP contribution in [0, 0.1) is 0 Å². The van der Waals surface area contributed by atoms with Gasteiger partial charge in [0, 0.05) is 10.5 Å². The van der Waals surface area contributed by atoms with Gasteiger partial charge in [-0.05, 0) is 51.8 Å². The Morgan fingerprint density at radius 1 is 0.955 bits per heavy atom. The Kier molecular flexibility index (Phi) is 10.6. The summed E-state index contributed by atoms with van der Waals surface area (Å²) in [6.07, 6.45) is 21.9. The highest BCUT2D eigenvalue weighted by Crippen LogP contribution is 2.02. The monoisotopic (exact) mass is 311 g/mol. The summed E-state index contributed by atoms with van der Waals surface area (Å²) in [5.41, 5.74) is 0. The molecule has 2 nitrogen and oxygen atoms in total. The Morgan fingerprint density at radius 2 is 1.59 bits per heavy atom. The van der Waals surface area contributed by atoms with Crippen molar-refractivity contribution < 1.29 is 16.4 Å². The van der Waals surface area contributed by atoms with Crippen molar-refractivity contribution in [1.29, 1.82) is 0 Å². The van der Waals surface area contributed by atoms with E-state index in [9.17, 15) is 4.79 Å². The van der Waals surface area contributed by atoms with Gasteiger partial charge in [0.25, 0.3) is 0 Å². The van der Waals surface area contributed by atoms with Crippen LogP contribution < -0.4 is 0 Å². The van der Waals surface area contributed by atoms with Crippen LogP contribution in [-0.4, -0.2) is 12.5 Å². The second kappa shape index (κ2) is 17.7. The van der Waals surface area contributed by atoms with Gasteiger partial charge < -0.3 is 4.74 Å². The molecule has 0 aromatic heterocycles. The molecule has 0 aromatic carbocycles. The average Bonchev–Trinajstić information content (AvgIpc) is 2.57. The molecule has 0 aromatic rings. The van der Waals surface area contributed by atoms with Crippen LogP contribution in [0.5, 0.6) is 0 Å². The second-order valence-electron chi connectivity index (χ2n) is 5.19. The van der Waals surface area contributed by atoms with E-state index >= 15 is 0 Å². The minimum Gasteiger partial charge on any atom is -0.466 e. The summed E-state index contributed by atoms with van der Waals surface area (Å²) in [6, 6.07) is 0. The number of ether oxygens (including phenoxy) is 1. The molecular formula is C20H34O2. The predicted octanol–water partition coefficient (Wildman–Crippen LogP) is 6.14. The van der Waals surface area contributed by atoms with E-state index in [0.717, 1.165) is 19.3 Å². The van der Waals surface area contributed by atoms with Crippen molar-refractivity contribution in [2.24, 2.45) is 0 Å². The average molecular weight is 312 g/mol. The van der Waals surface area contributed by atoms with Crippen molar-refractivity contribution in [1.82, 2.24) is 0 Å². The Balaban J connectivity index is 3.68. The number of carbonyl (C=O) groups excluding carboxylic acids is 1. The van der Waals surface area contributed by atoms with Gasteiger partial charge in [-0.2, -0.15) is 0 Å². The molecule has 0 atom stereocenters.